The van der Waals surface area contributed by atoms with Crippen LogP contribution in [0.2, 0.25) is 0 Å². The maximum Gasteiger partial charge on any atom is -0.0351 e. The maximum absolute atomic E-state index is 2.38. The molecule has 2 rings (SSSR count). The van der Waals surface area contributed by atoms with Crippen LogP contribution in [0.4, 0.5) is 0 Å². The molecule has 2 saturated carbocycles. The molecule has 2 aliphatic rings. The van der Waals surface area contributed by atoms with Crippen molar-refractivity contribution in [3.63, 3.8) is 0 Å². The lowest BCUT2D eigenvalue weighted by atomic mass is 9.70. The van der Waals surface area contributed by atoms with E-state index in [0.29, 0.717) is 0 Å². The van der Waals surface area contributed by atoms with Gasteiger partial charge in [-0.05, 0) is 49.9 Å². The van der Waals surface area contributed by atoms with E-state index in [1.165, 1.54) is 44.9 Å². The molecule has 0 saturated heterocycles. The van der Waals surface area contributed by atoms with Gasteiger partial charge in [-0.15, -0.1) is 0 Å². The van der Waals surface area contributed by atoms with Gasteiger partial charge in [0.15, 0.2) is 0 Å². The Bertz CT molecular complexity index is 239. The van der Waals surface area contributed by atoms with Crippen LogP contribution in [0.25, 0.3) is 0 Å². The van der Waals surface area contributed by atoms with E-state index in [4.69, 9.17) is 0 Å². The first-order valence-corrected chi connectivity index (χ1v) is 9.05. The largest absolute Gasteiger partial charge is 0.0888 e. The average molecular weight is 262 g/mol. The van der Waals surface area contributed by atoms with E-state index in [1.54, 1.807) is 38.5 Å². The van der Waals surface area contributed by atoms with E-state index in [-0.39, 0.29) is 0 Å². The molecule has 0 N–H and O–H groups in total. The predicted molar refractivity (Wildman–Crippen MR) is 85.3 cm³/mol. The van der Waals surface area contributed by atoms with Gasteiger partial charge in [0.1, 0.15) is 0 Å². The number of allylic oxidation sites excluding steroid dienone is 2. The van der Waals surface area contributed by atoms with E-state index in [1.807, 2.05) is 0 Å². The van der Waals surface area contributed by atoms with Crippen LogP contribution < -0.4 is 0 Å². The molecule has 19 heavy (non-hydrogen) atoms. The molecule has 0 bridgehead atoms. The Kier molecular flexibility index (Phi) is 7.03. The van der Waals surface area contributed by atoms with Crippen molar-refractivity contribution < 1.29 is 0 Å². The third kappa shape index (κ3) is 5.32. The summed E-state index contributed by atoms with van der Waals surface area (Å²) in [6.45, 7) is 2.23. The highest BCUT2D eigenvalue weighted by Crippen LogP contribution is 2.40. The van der Waals surface area contributed by atoms with Crippen LogP contribution in [0.1, 0.15) is 90.4 Å². The molecule has 0 radical (unpaired) electrons. The van der Waals surface area contributed by atoms with Crippen molar-refractivity contribution in [3.8, 4) is 0 Å². The zero-order valence-electron chi connectivity index (χ0n) is 13.1. The smallest absolute Gasteiger partial charge is 0.0351 e. The highest BCUT2D eigenvalue weighted by Gasteiger charge is 2.28. The molecule has 0 aromatic heterocycles. The molecule has 0 heteroatoms. The average Bonchev–Trinajstić information content (AvgIpc) is 2.49. The van der Waals surface area contributed by atoms with E-state index in [0.717, 1.165) is 17.8 Å². The Morgan fingerprint density at radius 1 is 0.789 bits per heavy atom. The minimum Gasteiger partial charge on any atom is -0.0888 e. The van der Waals surface area contributed by atoms with Gasteiger partial charge < -0.3 is 0 Å². The fourth-order valence-electron chi connectivity index (χ4n) is 4.36. The fourth-order valence-corrected chi connectivity index (χ4v) is 4.36. The first kappa shape index (κ1) is 15.1. The summed E-state index contributed by atoms with van der Waals surface area (Å²) in [4.78, 5) is 0. The highest BCUT2D eigenvalue weighted by molar-refractivity contribution is 4.82. The molecule has 2 aliphatic carbocycles. The van der Waals surface area contributed by atoms with Crippen molar-refractivity contribution >= 4 is 0 Å². The molecule has 0 aromatic rings. The Morgan fingerprint density at radius 3 is 2.16 bits per heavy atom. The van der Waals surface area contributed by atoms with Crippen molar-refractivity contribution in [1.82, 2.24) is 0 Å². The zero-order chi connectivity index (χ0) is 13.3. The van der Waals surface area contributed by atoms with E-state index >= 15 is 0 Å². The van der Waals surface area contributed by atoms with Crippen LogP contribution in [-0.4, -0.2) is 0 Å². The topological polar surface area (TPSA) is 0 Å². The molecule has 0 atom stereocenters. The van der Waals surface area contributed by atoms with Crippen LogP contribution in [0.3, 0.4) is 0 Å². The summed E-state index contributed by atoms with van der Waals surface area (Å²) in [6.07, 6.45) is 24.0. The van der Waals surface area contributed by atoms with Crippen molar-refractivity contribution in [2.75, 3.05) is 0 Å². The summed E-state index contributed by atoms with van der Waals surface area (Å²) in [5.74, 6) is 3.29. The third-order valence-electron chi connectivity index (χ3n) is 5.59. The second kappa shape index (κ2) is 8.82. The molecule has 0 aromatic carbocycles. The molecule has 0 amide bonds. The van der Waals surface area contributed by atoms with Gasteiger partial charge in [-0.1, -0.05) is 70.4 Å². The van der Waals surface area contributed by atoms with Gasteiger partial charge >= 0.3 is 0 Å². The molecule has 0 nitrogen and oxygen atoms in total. The standard InChI is InChI=1S/C19H34/c1-2-3-4-5-7-10-17-13-15-19(16-14-17)18-11-8-6-9-12-18/h3-4,17-19H,2,5-16H2,1H3/b4-3-/t17-,19-. The van der Waals surface area contributed by atoms with Crippen LogP contribution in [-0.2, 0) is 0 Å². The molecule has 110 valence electrons. The summed E-state index contributed by atoms with van der Waals surface area (Å²) in [6, 6.07) is 0. The normalized spacial score (nSPS) is 29.9. The molecule has 0 unspecified atom stereocenters. The van der Waals surface area contributed by atoms with Gasteiger partial charge in [-0.2, -0.15) is 0 Å². The van der Waals surface area contributed by atoms with Crippen molar-refractivity contribution in [2.24, 2.45) is 17.8 Å². The maximum atomic E-state index is 2.38. The van der Waals surface area contributed by atoms with Crippen molar-refractivity contribution in [1.29, 1.82) is 0 Å². The van der Waals surface area contributed by atoms with E-state index in [2.05, 4.69) is 19.1 Å². The van der Waals surface area contributed by atoms with E-state index in [9.17, 15) is 0 Å². The van der Waals surface area contributed by atoms with Gasteiger partial charge in [0, 0.05) is 0 Å². The Morgan fingerprint density at radius 2 is 1.47 bits per heavy atom. The first-order valence-electron chi connectivity index (χ1n) is 9.05. The van der Waals surface area contributed by atoms with Crippen LogP contribution in [0.5, 0.6) is 0 Å². The Balaban J connectivity index is 1.58. The molecule has 0 spiro atoms. The van der Waals surface area contributed by atoms with Crippen LogP contribution in [0.15, 0.2) is 12.2 Å². The van der Waals surface area contributed by atoms with E-state index < -0.39 is 0 Å². The molecular weight excluding hydrogens is 228 g/mol. The SMILES string of the molecule is CC/C=C\CCC[C@H]1CC[C@H](C2CCCCC2)CC1. The lowest BCUT2D eigenvalue weighted by molar-refractivity contribution is 0.163. The minimum atomic E-state index is 1.06. The van der Waals surface area contributed by atoms with Crippen molar-refractivity contribution in [2.45, 2.75) is 90.4 Å². The number of hydrogen-bond donors (Lipinski definition) is 0. The first-order chi connectivity index (χ1) is 9.40. The third-order valence-corrected chi connectivity index (χ3v) is 5.59. The van der Waals surface area contributed by atoms with Gasteiger partial charge in [0.25, 0.3) is 0 Å². The lowest BCUT2D eigenvalue weighted by Gasteiger charge is -2.36. The van der Waals surface area contributed by atoms with Crippen LogP contribution >= 0.6 is 0 Å². The lowest BCUT2D eigenvalue weighted by Crippen LogP contribution is -2.23. The number of unbranched alkanes of at least 4 members (excludes halogenated alkanes) is 1. The highest BCUT2D eigenvalue weighted by atomic mass is 14.3. The van der Waals surface area contributed by atoms with Crippen molar-refractivity contribution in [3.05, 3.63) is 12.2 Å². The summed E-state index contributed by atoms with van der Waals surface area (Å²) in [5.41, 5.74) is 0. The molecule has 2 fully saturated rings. The number of hydrogen-bond acceptors (Lipinski definition) is 0. The molecule has 0 aliphatic heterocycles. The quantitative estimate of drug-likeness (QED) is 0.378. The second-order valence-electron chi connectivity index (χ2n) is 6.99. The summed E-state index contributed by atoms with van der Waals surface area (Å²) < 4.78 is 0. The summed E-state index contributed by atoms with van der Waals surface area (Å²) in [5, 5.41) is 0. The summed E-state index contributed by atoms with van der Waals surface area (Å²) >= 11 is 0. The second-order valence-corrected chi connectivity index (χ2v) is 6.99. The van der Waals surface area contributed by atoms with Crippen LogP contribution in [0, 0.1) is 17.8 Å². The molecular formula is C19H34. The Hall–Kier alpha value is -0.260. The Labute approximate surface area is 121 Å². The van der Waals surface area contributed by atoms with Gasteiger partial charge in [-0.25, -0.2) is 0 Å². The number of rotatable bonds is 6. The van der Waals surface area contributed by atoms with Gasteiger partial charge in [0.2, 0.25) is 0 Å². The van der Waals surface area contributed by atoms with Gasteiger partial charge in [0.05, 0.1) is 0 Å². The predicted octanol–water partition coefficient (Wildman–Crippen LogP) is 6.51. The zero-order valence-corrected chi connectivity index (χ0v) is 13.1. The summed E-state index contributed by atoms with van der Waals surface area (Å²) in [7, 11) is 0. The minimum absolute atomic E-state index is 1.06. The van der Waals surface area contributed by atoms with Gasteiger partial charge in [-0.3, -0.25) is 0 Å². The molecule has 0 heterocycles. The fraction of sp³-hybridized carbons (Fsp3) is 0.895. The monoisotopic (exact) mass is 262 g/mol.